The van der Waals surface area contributed by atoms with Gasteiger partial charge in [-0.15, -0.1) is 0 Å². The van der Waals surface area contributed by atoms with E-state index in [1.54, 1.807) is 12.1 Å². The number of benzene rings is 1. The van der Waals surface area contributed by atoms with Gasteiger partial charge >= 0.3 is 13.1 Å². The quantitative estimate of drug-likeness (QED) is 0.764. The lowest BCUT2D eigenvalue weighted by Gasteiger charge is -2.27. The van der Waals surface area contributed by atoms with Crippen molar-refractivity contribution in [1.29, 1.82) is 0 Å². The lowest BCUT2D eigenvalue weighted by atomic mass is 9.78. The van der Waals surface area contributed by atoms with Crippen molar-refractivity contribution in [3.63, 3.8) is 0 Å². The molecule has 2 aliphatic rings. The Morgan fingerprint density at radius 2 is 2.13 bits per heavy atom. The van der Waals surface area contributed by atoms with Gasteiger partial charge < -0.3 is 24.3 Å². The molecule has 2 aliphatic heterocycles. The number of carboxylic acids is 1. The second kappa shape index (κ2) is 7.20. The molecule has 2 N–H and O–H groups in total. The maximum atomic E-state index is 11.6. The van der Waals surface area contributed by atoms with Gasteiger partial charge in [-0.25, -0.2) is 4.79 Å². The predicted molar refractivity (Wildman–Crippen MR) is 83.3 cm³/mol. The van der Waals surface area contributed by atoms with E-state index in [9.17, 15) is 14.9 Å². The summed E-state index contributed by atoms with van der Waals surface area (Å²) >= 11 is 0. The van der Waals surface area contributed by atoms with Crippen LogP contribution in [0.1, 0.15) is 15.9 Å². The van der Waals surface area contributed by atoms with Crippen LogP contribution >= 0.6 is 0 Å². The number of nitrogens with zero attached hydrogens (tertiary/aromatic N) is 1. The van der Waals surface area contributed by atoms with Gasteiger partial charge in [-0.3, -0.25) is 4.90 Å². The Balaban J connectivity index is 1.71. The normalized spacial score (nSPS) is 18.2. The van der Waals surface area contributed by atoms with Crippen LogP contribution < -0.4 is 9.39 Å². The Morgan fingerprint density at radius 1 is 1.35 bits per heavy atom. The van der Waals surface area contributed by atoms with Gasteiger partial charge in [0, 0.05) is 19.6 Å². The molecule has 1 aromatic rings. The number of aromatic carboxylic acids is 1. The molecule has 0 aromatic heterocycles. The van der Waals surface area contributed by atoms with Gasteiger partial charge in [-0.1, -0.05) is 6.07 Å². The molecule has 0 atom stereocenters. The molecular weight excluding hydrogens is 301 g/mol. The fraction of sp³-hybridized carbons (Fsp3) is 0.533. The summed E-state index contributed by atoms with van der Waals surface area (Å²) in [5.41, 5.74) is 0.774. The molecule has 3 rings (SSSR count). The van der Waals surface area contributed by atoms with Gasteiger partial charge in [0.1, 0.15) is 23.7 Å². The van der Waals surface area contributed by atoms with Gasteiger partial charge in [-0.05, 0) is 24.4 Å². The topological polar surface area (TPSA) is 88.5 Å². The average Bonchev–Trinajstić information content (AvgIpc) is 2.55. The number of carbonyl (C=O) groups is 1. The summed E-state index contributed by atoms with van der Waals surface area (Å²) in [5.74, 6) is -0.615. The number of aryl methyl sites for hydroxylation is 1. The van der Waals surface area contributed by atoms with E-state index in [0.717, 1.165) is 18.7 Å². The van der Waals surface area contributed by atoms with Crippen molar-refractivity contribution in [3.05, 3.63) is 23.3 Å². The maximum absolute atomic E-state index is 11.6. The van der Waals surface area contributed by atoms with Gasteiger partial charge in [0.05, 0.1) is 13.2 Å². The molecule has 23 heavy (non-hydrogen) atoms. The van der Waals surface area contributed by atoms with E-state index in [4.69, 9.17) is 14.1 Å². The third-order valence-corrected chi connectivity index (χ3v) is 4.10. The van der Waals surface area contributed by atoms with Crippen molar-refractivity contribution >= 4 is 13.1 Å². The highest BCUT2D eigenvalue weighted by Crippen LogP contribution is 2.36. The molecule has 124 valence electrons. The number of carboxylic acid groups (broad SMARTS) is 1. The van der Waals surface area contributed by atoms with Crippen LogP contribution in [0.3, 0.4) is 0 Å². The monoisotopic (exact) mass is 321 g/mol. The van der Waals surface area contributed by atoms with E-state index < -0.39 is 13.1 Å². The summed E-state index contributed by atoms with van der Waals surface area (Å²) in [6, 6.07) is 3.47. The minimum Gasteiger partial charge on any atom is -0.535 e. The van der Waals surface area contributed by atoms with E-state index in [2.05, 4.69) is 4.90 Å². The molecule has 0 radical (unpaired) electrons. The molecule has 1 aromatic carbocycles. The molecule has 0 bridgehead atoms. The lowest BCUT2D eigenvalue weighted by molar-refractivity contribution is 0.0321. The van der Waals surface area contributed by atoms with Gasteiger partial charge in [0.15, 0.2) is 0 Å². The molecule has 0 unspecified atom stereocenters. The van der Waals surface area contributed by atoms with E-state index >= 15 is 0 Å². The molecule has 2 heterocycles. The Kier molecular flexibility index (Phi) is 5.05. The third-order valence-electron chi connectivity index (χ3n) is 4.10. The van der Waals surface area contributed by atoms with E-state index in [1.165, 1.54) is 0 Å². The summed E-state index contributed by atoms with van der Waals surface area (Å²) in [6.45, 7) is 4.24. The largest absolute Gasteiger partial charge is 0.535 e. The summed E-state index contributed by atoms with van der Waals surface area (Å²) in [4.78, 5) is 13.8. The third kappa shape index (κ3) is 3.77. The van der Waals surface area contributed by atoms with Crippen LogP contribution in [-0.2, 0) is 11.2 Å². The number of ether oxygens (including phenoxy) is 2. The fourth-order valence-corrected chi connectivity index (χ4v) is 2.85. The standard InChI is InChI=1S/C15H20BNO6/c18-15(19)13-12(22-10-7-17-5-8-21-9-6-17)2-1-11-3-4-16(20)23-14(11)13/h1-2,20H,3-10H2,(H,18,19). The van der Waals surface area contributed by atoms with Crippen molar-refractivity contribution in [2.45, 2.75) is 12.7 Å². The van der Waals surface area contributed by atoms with Gasteiger partial charge in [0.2, 0.25) is 0 Å². The average molecular weight is 321 g/mol. The summed E-state index contributed by atoms with van der Waals surface area (Å²) in [6.07, 6.45) is 1.05. The van der Waals surface area contributed by atoms with Crippen molar-refractivity contribution < 1.29 is 29.1 Å². The molecule has 1 saturated heterocycles. The molecular formula is C15H20BNO6. The first-order valence-electron chi connectivity index (χ1n) is 7.82. The zero-order chi connectivity index (χ0) is 16.2. The second-order valence-electron chi connectivity index (χ2n) is 5.65. The Bertz CT molecular complexity index is 575. The van der Waals surface area contributed by atoms with Crippen molar-refractivity contribution in [1.82, 2.24) is 4.90 Å². The zero-order valence-corrected chi connectivity index (χ0v) is 12.9. The maximum Gasteiger partial charge on any atom is 0.522 e. The van der Waals surface area contributed by atoms with Crippen molar-refractivity contribution in [3.8, 4) is 11.5 Å². The van der Waals surface area contributed by atoms with Gasteiger partial charge in [0.25, 0.3) is 0 Å². The highest BCUT2D eigenvalue weighted by molar-refractivity contribution is 6.44. The fourth-order valence-electron chi connectivity index (χ4n) is 2.85. The van der Waals surface area contributed by atoms with Crippen molar-refractivity contribution in [2.24, 2.45) is 0 Å². The first-order chi connectivity index (χ1) is 11.1. The number of hydrogen-bond acceptors (Lipinski definition) is 6. The van der Waals surface area contributed by atoms with E-state index in [1.807, 2.05) is 0 Å². The predicted octanol–water partition coefficient (Wildman–Crippen LogP) is 0.511. The van der Waals surface area contributed by atoms with Crippen LogP contribution in [0.15, 0.2) is 12.1 Å². The minimum absolute atomic E-state index is 0.0109. The van der Waals surface area contributed by atoms with Crippen LogP contribution in [0.5, 0.6) is 11.5 Å². The number of morpholine rings is 1. The SMILES string of the molecule is O=C(O)c1c(OCCN2CCOCC2)ccc2c1OB(O)CC2. The molecule has 7 nitrogen and oxygen atoms in total. The van der Waals surface area contributed by atoms with Gasteiger partial charge in [-0.2, -0.15) is 0 Å². The number of rotatable bonds is 5. The van der Waals surface area contributed by atoms with Crippen LogP contribution in [0, 0.1) is 0 Å². The number of fused-ring (bicyclic) bond motifs is 1. The van der Waals surface area contributed by atoms with E-state index in [-0.39, 0.29) is 17.1 Å². The molecule has 8 heteroatoms. The minimum atomic E-state index is -1.11. The van der Waals surface area contributed by atoms with Crippen LogP contribution in [0.4, 0.5) is 0 Å². The first-order valence-corrected chi connectivity index (χ1v) is 7.82. The van der Waals surface area contributed by atoms with Crippen molar-refractivity contribution in [2.75, 3.05) is 39.5 Å². The van der Waals surface area contributed by atoms with Crippen LogP contribution in [0.25, 0.3) is 0 Å². The van der Waals surface area contributed by atoms with Crippen LogP contribution in [0.2, 0.25) is 6.32 Å². The molecule has 0 saturated carbocycles. The molecule has 0 aliphatic carbocycles. The van der Waals surface area contributed by atoms with E-state index in [0.29, 0.717) is 39.1 Å². The Labute approximate surface area is 134 Å². The smallest absolute Gasteiger partial charge is 0.522 e. The summed E-state index contributed by atoms with van der Waals surface area (Å²) < 4.78 is 16.3. The highest BCUT2D eigenvalue weighted by Gasteiger charge is 2.30. The lowest BCUT2D eigenvalue weighted by Crippen LogP contribution is -2.38. The number of hydrogen-bond donors (Lipinski definition) is 2. The molecule has 1 fully saturated rings. The first kappa shape index (κ1) is 16.1. The Hall–Kier alpha value is -1.77. The van der Waals surface area contributed by atoms with Crippen LogP contribution in [-0.4, -0.2) is 67.6 Å². The summed E-state index contributed by atoms with van der Waals surface area (Å²) in [7, 11) is -0.968. The molecule has 0 spiro atoms. The molecule has 0 amide bonds. The Morgan fingerprint density at radius 3 is 2.87 bits per heavy atom. The summed E-state index contributed by atoms with van der Waals surface area (Å²) in [5, 5.41) is 19.1. The second-order valence-corrected chi connectivity index (χ2v) is 5.65. The zero-order valence-electron chi connectivity index (χ0n) is 12.9. The highest BCUT2D eigenvalue weighted by atomic mass is 16.5.